The van der Waals surface area contributed by atoms with Gasteiger partial charge >= 0.3 is 5.97 Å². The first-order valence-corrected chi connectivity index (χ1v) is 7.17. The molecule has 1 aliphatic rings. The van der Waals surface area contributed by atoms with Crippen LogP contribution in [0, 0.1) is 0 Å². The standard InChI is InChI=1S/C13H20N4O4/c18-12(19)9-17-8-11(15-16-17)13(20)14-6-7-21-10-4-2-1-3-5-10/h8,10H,1-7,9H2,(H,14,20)(H,18,19). The maximum absolute atomic E-state index is 11.8. The molecule has 8 nitrogen and oxygen atoms in total. The molecule has 2 rings (SSSR count). The van der Waals surface area contributed by atoms with Gasteiger partial charge in [0, 0.05) is 6.54 Å². The molecule has 1 saturated carbocycles. The molecule has 1 heterocycles. The maximum atomic E-state index is 11.8. The molecule has 0 saturated heterocycles. The number of carbonyl (C=O) groups is 2. The Morgan fingerprint density at radius 1 is 1.38 bits per heavy atom. The van der Waals surface area contributed by atoms with Crippen molar-refractivity contribution in [2.75, 3.05) is 13.2 Å². The third-order valence-electron chi connectivity index (χ3n) is 3.36. The number of ether oxygens (including phenoxy) is 1. The van der Waals surface area contributed by atoms with Gasteiger partial charge in [0.25, 0.3) is 5.91 Å². The molecule has 1 aromatic rings. The SMILES string of the molecule is O=C(O)Cn1cc(C(=O)NCCOC2CCCCC2)nn1. The van der Waals surface area contributed by atoms with E-state index in [1.165, 1.54) is 25.5 Å². The molecule has 1 aromatic heterocycles. The van der Waals surface area contributed by atoms with Gasteiger partial charge in [-0.3, -0.25) is 9.59 Å². The predicted octanol–water partition coefficient (Wildman–Crippen LogP) is 0.442. The molecule has 0 unspecified atom stereocenters. The third kappa shape index (κ3) is 5.14. The van der Waals surface area contributed by atoms with Gasteiger partial charge in [-0.1, -0.05) is 24.5 Å². The Kier molecular flexibility index (Phi) is 5.68. The van der Waals surface area contributed by atoms with Gasteiger partial charge in [-0.05, 0) is 12.8 Å². The average molecular weight is 296 g/mol. The summed E-state index contributed by atoms with van der Waals surface area (Å²) in [6.45, 7) is 0.561. The molecule has 0 atom stereocenters. The molecule has 0 aromatic carbocycles. The van der Waals surface area contributed by atoms with E-state index in [-0.39, 0.29) is 18.1 Å². The number of nitrogens with zero attached hydrogens (tertiary/aromatic N) is 3. The number of aromatic nitrogens is 3. The molecule has 0 aliphatic heterocycles. The molecular weight excluding hydrogens is 276 g/mol. The van der Waals surface area contributed by atoms with Crippen LogP contribution >= 0.6 is 0 Å². The zero-order valence-corrected chi connectivity index (χ0v) is 11.8. The molecule has 21 heavy (non-hydrogen) atoms. The van der Waals surface area contributed by atoms with Crippen molar-refractivity contribution in [3.05, 3.63) is 11.9 Å². The number of hydrogen-bond acceptors (Lipinski definition) is 5. The highest BCUT2D eigenvalue weighted by molar-refractivity contribution is 5.91. The molecule has 0 spiro atoms. The normalized spacial score (nSPS) is 15.8. The van der Waals surface area contributed by atoms with Crippen molar-refractivity contribution in [3.8, 4) is 0 Å². The van der Waals surface area contributed by atoms with Crippen molar-refractivity contribution in [2.24, 2.45) is 0 Å². The highest BCUT2D eigenvalue weighted by Gasteiger charge is 2.14. The molecule has 2 N–H and O–H groups in total. The minimum Gasteiger partial charge on any atom is -0.480 e. The van der Waals surface area contributed by atoms with E-state index in [1.54, 1.807) is 0 Å². The lowest BCUT2D eigenvalue weighted by molar-refractivity contribution is -0.137. The van der Waals surface area contributed by atoms with Crippen LogP contribution in [0.15, 0.2) is 6.20 Å². The Morgan fingerprint density at radius 3 is 2.86 bits per heavy atom. The van der Waals surface area contributed by atoms with Crippen LogP contribution in [0.4, 0.5) is 0 Å². The molecule has 0 radical (unpaired) electrons. The fraction of sp³-hybridized carbons (Fsp3) is 0.692. The van der Waals surface area contributed by atoms with Gasteiger partial charge in [0.2, 0.25) is 0 Å². The van der Waals surface area contributed by atoms with Gasteiger partial charge in [0.15, 0.2) is 5.69 Å². The van der Waals surface area contributed by atoms with Gasteiger partial charge in [0.05, 0.1) is 18.9 Å². The number of carboxylic acids is 1. The zero-order valence-electron chi connectivity index (χ0n) is 11.8. The second-order valence-corrected chi connectivity index (χ2v) is 5.08. The van der Waals surface area contributed by atoms with E-state index in [9.17, 15) is 9.59 Å². The molecule has 1 aliphatic carbocycles. The second-order valence-electron chi connectivity index (χ2n) is 5.08. The van der Waals surface area contributed by atoms with Crippen LogP contribution < -0.4 is 5.32 Å². The molecule has 1 amide bonds. The van der Waals surface area contributed by atoms with E-state index in [4.69, 9.17) is 9.84 Å². The van der Waals surface area contributed by atoms with Gasteiger partial charge in [-0.15, -0.1) is 5.10 Å². The summed E-state index contributed by atoms with van der Waals surface area (Å²) >= 11 is 0. The van der Waals surface area contributed by atoms with Crippen LogP contribution in [0.25, 0.3) is 0 Å². The topological polar surface area (TPSA) is 106 Å². The van der Waals surface area contributed by atoms with Crippen molar-refractivity contribution in [1.29, 1.82) is 0 Å². The summed E-state index contributed by atoms with van der Waals surface area (Å²) < 4.78 is 6.80. The van der Waals surface area contributed by atoms with Crippen LogP contribution in [0.1, 0.15) is 42.6 Å². The summed E-state index contributed by atoms with van der Waals surface area (Å²) in [5.41, 5.74) is 0.105. The first-order chi connectivity index (χ1) is 10.1. The Bertz CT molecular complexity index is 482. The number of hydrogen-bond donors (Lipinski definition) is 2. The Hall–Kier alpha value is -1.96. The minimum absolute atomic E-state index is 0.105. The summed E-state index contributed by atoms with van der Waals surface area (Å²) in [4.78, 5) is 22.3. The van der Waals surface area contributed by atoms with Crippen molar-refractivity contribution in [3.63, 3.8) is 0 Å². The monoisotopic (exact) mass is 296 g/mol. The molecule has 0 bridgehead atoms. The first kappa shape index (κ1) is 15.4. The molecule has 1 fully saturated rings. The fourth-order valence-corrected chi connectivity index (χ4v) is 2.33. The van der Waals surface area contributed by atoms with Crippen LogP contribution in [0.3, 0.4) is 0 Å². The number of carboxylic acid groups (broad SMARTS) is 1. The summed E-state index contributed by atoms with van der Waals surface area (Å²) in [6, 6.07) is 0. The number of nitrogens with one attached hydrogen (secondary N) is 1. The van der Waals surface area contributed by atoms with Gasteiger partial charge in [0.1, 0.15) is 6.54 Å². The lowest BCUT2D eigenvalue weighted by atomic mass is 9.98. The molecular formula is C13H20N4O4. The highest BCUT2D eigenvalue weighted by atomic mass is 16.5. The fourth-order valence-electron chi connectivity index (χ4n) is 2.33. The van der Waals surface area contributed by atoms with Crippen LogP contribution in [-0.2, 0) is 16.1 Å². The largest absolute Gasteiger partial charge is 0.480 e. The maximum Gasteiger partial charge on any atom is 0.325 e. The van der Waals surface area contributed by atoms with E-state index in [2.05, 4.69) is 15.6 Å². The Morgan fingerprint density at radius 2 is 2.14 bits per heavy atom. The number of aliphatic carboxylic acids is 1. The van der Waals surface area contributed by atoms with Crippen LogP contribution in [0.5, 0.6) is 0 Å². The van der Waals surface area contributed by atoms with E-state index >= 15 is 0 Å². The van der Waals surface area contributed by atoms with Gasteiger partial charge in [-0.2, -0.15) is 0 Å². The van der Waals surface area contributed by atoms with Crippen molar-refractivity contribution >= 4 is 11.9 Å². The summed E-state index contributed by atoms with van der Waals surface area (Å²) in [7, 11) is 0. The third-order valence-corrected chi connectivity index (χ3v) is 3.36. The number of carbonyl (C=O) groups excluding carboxylic acids is 1. The lowest BCUT2D eigenvalue weighted by Crippen LogP contribution is -2.29. The quantitative estimate of drug-likeness (QED) is 0.707. The van der Waals surface area contributed by atoms with Crippen LogP contribution in [0.2, 0.25) is 0 Å². The lowest BCUT2D eigenvalue weighted by Gasteiger charge is -2.21. The van der Waals surface area contributed by atoms with E-state index in [0.29, 0.717) is 19.3 Å². The van der Waals surface area contributed by atoms with Crippen molar-refractivity contribution in [1.82, 2.24) is 20.3 Å². The van der Waals surface area contributed by atoms with Crippen molar-refractivity contribution < 1.29 is 19.4 Å². The summed E-state index contributed by atoms with van der Waals surface area (Å²) in [6.07, 6.45) is 7.52. The molecule has 116 valence electrons. The minimum atomic E-state index is -1.03. The van der Waals surface area contributed by atoms with E-state index < -0.39 is 5.97 Å². The second kappa shape index (κ2) is 7.72. The molecule has 8 heteroatoms. The highest BCUT2D eigenvalue weighted by Crippen LogP contribution is 2.19. The number of amides is 1. The first-order valence-electron chi connectivity index (χ1n) is 7.17. The van der Waals surface area contributed by atoms with E-state index in [1.807, 2.05) is 0 Å². The predicted molar refractivity (Wildman–Crippen MR) is 72.8 cm³/mol. The van der Waals surface area contributed by atoms with E-state index in [0.717, 1.165) is 17.5 Å². The zero-order chi connectivity index (χ0) is 15.1. The number of rotatable bonds is 7. The summed E-state index contributed by atoms with van der Waals surface area (Å²) in [5.74, 6) is -1.41. The smallest absolute Gasteiger partial charge is 0.325 e. The average Bonchev–Trinajstić information content (AvgIpc) is 2.92. The summed E-state index contributed by atoms with van der Waals surface area (Å²) in [5, 5.41) is 18.5. The van der Waals surface area contributed by atoms with Gasteiger partial charge in [-0.25, -0.2) is 4.68 Å². The van der Waals surface area contributed by atoms with Gasteiger partial charge < -0.3 is 15.2 Å². The Labute approximate surface area is 122 Å². The Balaban J connectivity index is 1.66. The van der Waals surface area contributed by atoms with Crippen molar-refractivity contribution in [2.45, 2.75) is 44.8 Å². The van der Waals surface area contributed by atoms with Crippen LogP contribution in [-0.4, -0.2) is 51.2 Å².